The molecule has 0 rings (SSSR count). The fraction of sp³-hybridized carbons (Fsp3) is 1.00. The van der Waals surface area contributed by atoms with E-state index in [1.165, 1.54) is 25.3 Å². The van der Waals surface area contributed by atoms with Gasteiger partial charge >= 0.3 is 0 Å². The van der Waals surface area contributed by atoms with Gasteiger partial charge in [-0.15, -0.1) is 11.6 Å². The Morgan fingerprint density at radius 2 is 2.12 bits per heavy atom. The number of rotatable bonds is 5. The Morgan fingerprint density at radius 3 is 2.62 bits per heavy atom. The Labute approximate surface area is 59.4 Å². The predicted molar refractivity (Wildman–Crippen MR) is 43.6 cm³/mol. The first-order valence-electron chi connectivity index (χ1n) is 3.47. The van der Waals surface area contributed by atoms with Crippen LogP contribution in [0.15, 0.2) is 0 Å². The molecule has 0 saturated carbocycles. The molecule has 0 saturated heterocycles. The van der Waals surface area contributed by atoms with Crippen molar-refractivity contribution in [3.05, 3.63) is 0 Å². The number of unbranched alkanes of at least 4 members (excludes halogenated alkanes) is 2. The number of hydrogen-bond donors (Lipinski definition) is 0. The van der Waals surface area contributed by atoms with Crippen molar-refractivity contribution in [1.29, 1.82) is 0 Å². The second-order valence-corrected chi connectivity index (χ2v) is 5.03. The average molecular weight is 151 g/mol. The van der Waals surface area contributed by atoms with E-state index < -0.39 is 0 Å². The van der Waals surface area contributed by atoms with Crippen LogP contribution in [0, 0.1) is 0 Å². The largest absolute Gasteiger partial charge is 0.131 e. The quantitative estimate of drug-likeness (QED) is 0.320. The number of hydrogen-bond acceptors (Lipinski definition) is 0. The summed E-state index contributed by atoms with van der Waals surface area (Å²) in [5.74, 6) is 0. The van der Waals surface area contributed by atoms with Crippen LogP contribution >= 0.6 is 11.6 Å². The summed E-state index contributed by atoms with van der Waals surface area (Å²) in [6, 6.07) is 1.46. The fourth-order valence-corrected chi connectivity index (χ4v) is 2.16. The second kappa shape index (κ2) is 7.51. The highest BCUT2D eigenvalue weighted by Gasteiger charge is 1.85. The maximum atomic E-state index is 5.54. The molecule has 0 unspecified atom stereocenters. The smallest absolute Gasteiger partial charge is 0.0378 e. The summed E-state index contributed by atoms with van der Waals surface area (Å²) in [7, 11) is 0.167. The van der Waals surface area contributed by atoms with E-state index in [9.17, 15) is 0 Å². The van der Waals surface area contributed by atoms with Crippen LogP contribution in [0.5, 0.6) is 0 Å². The van der Waals surface area contributed by atoms with Gasteiger partial charge in [0.25, 0.3) is 0 Å². The summed E-state index contributed by atoms with van der Waals surface area (Å²) in [5.41, 5.74) is 0.976. The van der Waals surface area contributed by atoms with E-state index in [2.05, 4.69) is 6.92 Å². The van der Waals surface area contributed by atoms with E-state index >= 15 is 0 Å². The molecule has 0 aromatic heterocycles. The fourth-order valence-electron chi connectivity index (χ4n) is 0.698. The molecule has 0 aromatic rings. The van der Waals surface area contributed by atoms with Crippen LogP contribution in [0.25, 0.3) is 0 Å². The third kappa shape index (κ3) is 6.51. The molecular formula is C6H15ClSi. The van der Waals surface area contributed by atoms with E-state index in [1.807, 2.05) is 0 Å². The Morgan fingerprint density at radius 1 is 1.38 bits per heavy atom. The van der Waals surface area contributed by atoms with Crippen molar-refractivity contribution in [1.82, 2.24) is 0 Å². The lowest BCUT2D eigenvalue weighted by Gasteiger charge is -1.92. The molecule has 0 spiro atoms. The zero-order valence-electron chi connectivity index (χ0n) is 5.62. The highest BCUT2D eigenvalue weighted by atomic mass is 35.5. The van der Waals surface area contributed by atoms with Gasteiger partial charge in [-0.05, 0) is 0 Å². The van der Waals surface area contributed by atoms with Crippen LogP contribution < -0.4 is 0 Å². The van der Waals surface area contributed by atoms with Crippen molar-refractivity contribution < 1.29 is 0 Å². The molecule has 0 amide bonds. The molecule has 50 valence electrons. The molecule has 0 fully saturated rings. The van der Waals surface area contributed by atoms with Crippen LogP contribution in [0.3, 0.4) is 0 Å². The SMILES string of the molecule is CCCCC[SiH2]CCl. The van der Waals surface area contributed by atoms with Crippen molar-refractivity contribution in [2.75, 3.05) is 5.50 Å². The third-order valence-corrected chi connectivity index (χ3v) is 3.31. The van der Waals surface area contributed by atoms with Crippen molar-refractivity contribution >= 4 is 21.1 Å². The standard InChI is InChI=1S/C6H15ClSi/c1-2-3-4-5-8-6-7/h2-6,8H2,1H3. The molecule has 0 bridgehead atoms. The van der Waals surface area contributed by atoms with E-state index in [0.717, 1.165) is 5.50 Å². The Hall–Kier alpha value is 0.507. The van der Waals surface area contributed by atoms with Gasteiger partial charge in [0.15, 0.2) is 0 Å². The van der Waals surface area contributed by atoms with Gasteiger partial charge in [-0.25, -0.2) is 0 Å². The van der Waals surface area contributed by atoms with Crippen molar-refractivity contribution in [2.45, 2.75) is 32.2 Å². The number of halogens is 1. The minimum absolute atomic E-state index is 0.167. The van der Waals surface area contributed by atoms with E-state index in [4.69, 9.17) is 11.6 Å². The van der Waals surface area contributed by atoms with Crippen LogP contribution in [-0.2, 0) is 0 Å². The van der Waals surface area contributed by atoms with Crippen LogP contribution in [0.4, 0.5) is 0 Å². The van der Waals surface area contributed by atoms with Gasteiger partial charge < -0.3 is 0 Å². The maximum absolute atomic E-state index is 5.54. The van der Waals surface area contributed by atoms with Gasteiger partial charge in [-0.3, -0.25) is 0 Å². The van der Waals surface area contributed by atoms with Crippen molar-refractivity contribution in [3.63, 3.8) is 0 Å². The van der Waals surface area contributed by atoms with Gasteiger partial charge in [0.2, 0.25) is 0 Å². The summed E-state index contributed by atoms with van der Waals surface area (Å²) >= 11 is 5.54. The Balaban J connectivity index is 2.53. The molecule has 2 heteroatoms. The van der Waals surface area contributed by atoms with E-state index in [1.54, 1.807) is 0 Å². The minimum atomic E-state index is 0.167. The van der Waals surface area contributed by atoms with Gasteiger partial charge in [-0.2, -0.15) is 0 Å². The predicted octanol–water partition coefficient (Wildman–Crippen LogP) is 1.96. The number of alkyl halides is 1. The highest BCUT2D eigenvalue weighted by Crippen LogP contribution is 1.98. The third-order valence-electron chi connectivity index (χ3n) is 1.24. The first-order valence-corrected chi connectivity index (χ1v) is 6.01. The molecule has 0 heterocycles. The zero-order chi connectivity index (χ0) is 6.24. The molecule has 0 N–H and O–H groups in total. The first-order chi connectivity index (χ1) is 3.91. The lowest BCUT2D eigenvalue weighted by Crippen LogP contribution is -1.89. The maximum Gasteiger partial charge on any atom is 0.0378 e. The molecule has 0 aliphatic carbocycles. The topological polar surface area (TPSA) is 0 Å². The van der Waals surface area contributed by atoms with Gasteiger partial charge in [0.1, 0.15) is 0 Å². The second-order valence-electron chi connectivity index (χ2n) is 2.10. The monoisotopic (exact) mass is 150 g/mol. The molecule has 0 nitrogen and oxygen atoms in total. The highest BCUT2D eigenvalue weighted by molar-refractivity contribution is 6.50. The molecule has 0 radical (unpaired) electrons. The molecule has 0 aliphatic heterocycles. The van der Waals surface area contributed by atoms with Gasteiger partial charge in [-0.1, -0.05) is 32.2 Å². The van der Waals surface area contributed by atoms with E-state index in [0.29, 0.717) is 0 Å². The van der Waals surface area contributed by atoms with E-state index in [-0.39, 0.29) is 9.52 Å². The van der Waals surface area contributed by atoms with Crippen molar-refractivity contribution in [3.8, 4) is 0 Å². The molecule has 0 atom stereocenters. The lowest BCUT2D eigenvalue weighted by molar-refractivity contribution is 0.769. The summed E-state index contributed by atoms with van der Waals surface area (Å²) in [4.78, 5) is 0. The minimum Gasteiger partial charge on any atom is -0.131 e. The molecule has 8 heavy (non-hydrogen) atoms. The van der Waals surface area contributed by atoms with Gasteiger partial charge in [0, 0.05) is 15.0 Å². The summed E-state index contributed by atoms with van der Waals surface area (Å²) < 4.78 is 0. The van der Waals surface area contributed by atoms with Crippen LogP contribution in [0.1, 0.15) is 26.2 Å². The summed E-state index contributed by atoms with van der Waals surface area (Å²) in [6.07, 6.45) is 4.18. The summed E-state index contributed by atoms with van der Waals surface area (Å²) in [5, 5.41) is 0. The van der Waals surface area contributed by atoms with Gasteiger partial charge in [0.05, 0.1) is 0 Å². The summed E-state index contributed by atoms with van der Waals surface area (Å²) in [6.45, 7) is 2.24. The van der Waals surface area contributed by atoms with Crippen LogP contribution in [0.2, 0.25) is 6.04 Å². The van der Waals surface area contributed by atoms with Crippen LogP contribution in [-0.4, -0.2) is 15.0 Å². The van der Waals surface area contributed by atoms with Crippen molar-refractivity contribution in [2.24, 2.45) is 0 Å². The average Bonchev–Trinajstić information content (AvgIpc) is 1.81. The Kier molecular flexibility index (Phi) is 7.98. The molecule has 0 aromatic carbocycles. The lowest BCUT2D eigenvalue weighted by atomic mass is 10.3. The Bertz CT molecular complexity index is 33.5. The normalized spacial score (nSPS) is 11.2. The first kappa shape index (κ1) is 8.51. The molecular weight excluding hydrogens is 136 g/mol. The molecule has 0 aliphatic rings. The zero-order valence-corrected chi connectivity index (χ0v) is 7.79.